The Morgan fingerprint density at radius 2 is 2.22 bits per heavy atom. The van der Waals surface area contributed by atoms with E-state index < -0.39 is 9.84 Å². The Balaban J connectivity index is 2.42. The summed E-state index contributed by atoms with van der Waals surface area (Å²) in [6.45, 7) is 0.0930. The SMILES string of the molecule is CN1c2cc(Br)ccc2S(=O)(=O)CC1CCCO. The second kappa shape index (κ2) is 5.19. The van der Waals surface area contributed by atoms with E-state index in [0.717, 1.165) is 10.2 Å². The molecule has 6 heteroatoms. The van der Waals surface area contributed by atoms with Crippen molar-refractivity contribution < 1.29 is 13.5 Å². The van der Waals surface area contributed by atoms with Crippen LogP contribution in [-0.2, 0) is 9.84 Å². The van der Waals surface area contributed by atoms with Gasteiger partial charge in [-0.3, -0.25) is 0 Å². The second-order valence-electron chi connectivity index (χ2n) is 4.52. The first-order chi connectivity index (χ1) is 8.45. The zero-order valence-corrected chi connectivity index (χ0v) is 12.5. The van der Waals surface area contributed by atoms with Crippen LogP contribution >= 0.6 is 15.9 Å². The second-order valence-corrected chi connectivity index (χ2v) is 7.44. The molecule has 1 N–H and O–H groups in total. The number of anilines is 1. The molecule has 18 heavy (non-hydrogen) atoms. The van der Waals surface area contributed by atoms with Crippen LogP contribution < -0.4 is 4.90 Å². The summed E-state index contributed by atoms with van der Waals surface area (Å²) in [5.41, 5.74) is 0.735. The lowest BCUT2D eigenvalue weighted by Gasteiger charge is -2.35. The summed E-state index contributed by atoms with van der Waals surface area (Å²) in [4.78, 5) is 2.39. The minimum atomic E-state index is -3.22. The molecule has 0 spiro atoms. The van der Waals surface area contributed by atoms with Crippen molar-refractivity contribution in [2.45, 2.75) is 23.8 Å². The summed E-state index contributed by atoms with van der Waals surface area (Å²) in [6, 6.07) is 5.16. The van der Waals surface area contributed by atoms with Crippen LogP contribution in [0, 0.1) is 0 Å². The van der Waals surface area contributed by atoms with Crippen LogP contribution in [0.25, 0.3) is 0 Å². The Hall–Kier alpha value is -0.590. The quantitative estimate of drug-likeness (QED) is 0.916. The molecule has 0 aliphatic carbocycles. The molecule has 0 radical (unpaired) electrons. The van der Waals surface area contributed by atoms with Crippen molar-refractivity contribution in [3.8, 4) is 0 Å². The molecule has 0 bridgehead atoms. The molecule has 0 amide bonds. The predicted molar refractivity (Wildman–Crippen MR) is 74.7 cm³/mol. The number of benzene rings is 1. The van der Waals surface area contributed by atoms with Gasteiger partial charge in [0, 0.05) is 24.2 Å². The normalized spacial score (nSPS) is 21.7. The molecule has 1 atom stereocenters. The molecule has 2 rings (SSSR count). The van der Waals surface area contributed by atoms with Crippen LogP contribution in [0.3, 0.4) is 0 Å². The minimum absolute atomic E-state index is 0.0658. The molecule has 0 saturated carbocycles. The summed E-state index contributed by atoms with van der Waals surface area (Å²) in [7, 11) is -1.31. The van der Waals surface area contributed by atoms with Gasteiger partial charge in [0.1, 0.15) is 0 Å². The van der Waals surface area contributed by atoms with E-state index in [4.69, 9.17) is 5.11 Å². The third-order valence-electron chi connectivity index (χ3n) is 3.29. The monoisotopic (exact) mass is 333 g/mol. The summed E-state index contributed by atoms with van der Waals surface area (Å²) >= 11 is 3.37. The molecule has 1 unspecified atom stereocenters. The minimum Gasteiger partial charge on any atom is -0.396 e. The molecular weight excluding hydrogens is 318 g/mol. The average molecular weight is 334 g/mol. The van der Waals surface area contributed by atoms with Crippen LogP contribution in [0.5, 0.6) is 0 Å². The highest BCUT2D eigenvalue weighted by atomic mass is 79.9. The molecule has 1 heterocycles. The van der Waals surface area contributed by atoms with Gasteiger partial charge in [0.15, 0.2) is 9.84 Å². The van der Waals surface area contributed by atoms with Gasteiger partial charge in [-0.15, -0.1) is 0 Å². The number of rotatable bonds is 3. The fourth-order valence-electron chi connectivity index (χ4n) is 2.28. The van der Waals surface area contributed by atoms with Crippen LogP contribution in [0.15, 0.2) is 27.6 Å². The number of fused-ring (bicyclic) bond motifs is 1. The number of nitrogens with zero attached hydrogens (tertiary/aromatic N) is 1. The van der Waals surface area contributed by atoms with E-state index in [1.54, 1.807) is 12.1 Å². The summed E-state index contributed by atoms with van der Waals surface area (Å²) in [6.07, 6.45) is 1.30. The third-order valence-corrected chi connectivity index (χ3v) is 5.62. The highest BCUT2D eigenvalue weighted by Crippen LogP contribution is 2.35. The zero-order chi connectivity index (χ0) is 13.3. The van der Waals surface area contributed by atoms with Crippen LogP contribution in [0.1, 0.15) is 12.8 Å². The largest absolute Gasteiger partial charge is 0.396 e. The highest BCUT2D eigenvalue weighted by Gasteiger charge is 2.33. The van der Waals surface area contributed by atoms with Crippen molar-refractivity contribution in [1.29, 1.82) is 0 Å². The lowest BCUT2D eigenvalue weighted by atomic mass is 10.1. The maximum Gasteiger partial charge on any atom is 0.182 e. The van der Waals surface area contributed by atoms with E-state index in [1.165, 1.54) is 0 Å². The fourth-order valence-corrected chi connectivity index (χ4v) is 4.51. The van der Waals surface area contributed by atoms with Gasteiger partial charge in [-0.2, -0.15) is 0 Å². The standard InChI is InChI=1S/C12H16BrNO3S/c1-14-10(3-2-6-15)8-18(16,17)12-5-4-9(13)7-11(12)14/h4-5,7,10,15H,2-3,6,8H2,1H3. The van der Waals surface area contributed by atoms with Gasteiger partial charge in [0.25, 0.3) is 0 Å². The number of aliphatic hydroxyl groups excluding tert-OH is 1. The van der Waals surface area contributed by atoms with Gasteiger partial charge in [-0.1, -0.05) is 15.9 Å². The van der Waals surface area contributed by atoms with E-state index in [9.17, 15) is 8.42 Å². The lowest BCUT2D eigenvalue weighted by Crippen LogP contribution is -2.42. The fraction of sp³-hybridized carbons (Fsp3) is 0.500. The predicted octanol–water partition coefficient (Wildman–Crippen LogP) is 1.81. The molecule has 1 aromatic carbocycles. The number of hydrogen-bond acceptors (Lipinski definition) is 4. The number of hydrogen-bond donors (Lipinski definition) is 1. The summed E-state index contributed by atoms with van der Waals surface area (Å²) < 4.78 is 25.3. The van der Waals surface area contributed by atoms with Crippen LogP contribution in [-0.4, -0.2) is 39.0 Å². The van der Waals surface area contributed by atoms with Crippen molar-refractivity contribution in [1.82, 2.24) is 0 Å². The molecule has 1 aromatic rings. The van der Waals surface area contributed by atoms with Crippen molar-refractivity contribution in [3.63, 3.8) is 0 Å². The van der Waals surface area contributed by atoms with E-state index >= 15 is 0 Å². The third kappa shape index (κ3) is 2.55. The highest BCUT2D eigenvalue weighted by molar-refractivity contribution is 9.10. The maximum atomic E-state index is 12.2. The average Bonchev–Trinajstić information content (AvgIpc) is 2.31. The van der Waals surface area contributed by atoms with Gasteiger partial charge >= 0.3 is 0 Å². The smallest absolute Gasteiger partial charge is 0.182 e. The lowest BCUT2D eigenvalue weighted by molar-refractivity contribution is 0.280. The van der Waals surface area contributed by atoms with Crippen molar-refractivity contribution in [2.24, 2.45) is 0 Å². The molecule has 4 nitrogen and oxygen atoms in total. The molecule has 100 valence electrons. The molecule has 0 aromatic heterocycles. The van der Waals surface area contributed by atoms with E-state index in [0.29, 0.717) is 17.7 Å². The van der Waals surface area contributed by atoms with Gasteiger partial charge in [-0.05, 0) is 31.0 Å². The Morgan fingerprint density at radius 3 is 2.89 bits per heavy atom. The van der Waals surface area contributed by atoms with Gasteiger partial charge in [0.05, 0.1) is 16.3 Å². The number of aliphatic hydroxyl groups is 1. The maximum absolute atomic E-state index is 12.2. The molecular formula is C12H16BrNO3S. The van der Waals surface area contributed by atoms with Crippen molar-refractivity contribution in [3.05, 3.63) is 22.7 Å². The Bertz CT molecular complexity index is 544. The van der Waals surface area contributed by atoms with Gasteiger partial charge in [0.2, 0.25) is 0 Å². The topological polar surface area (TPSA) is 57.6 Å². The first kappa shape index (κ1) is 13.8. The number of halogens is 1. The first-order valence-corrected chi connectivity index (χ1v) is 8.26. The first-order valence-electron chi connectivity index (χ1n) is 5.81. The molecule has 0 fully saturated rings. The van der Waals surface area contributed by atoms with Gasteiger partial charge in [-0.25, -0.2) is 8.42 Å². The van der Waals surface area contributed by atoms with Gasteiger partial charge < -0.3 is 10.0 Å². The van der Waals surface area contributed by atoms with E-state index in [1.807, 2.05) is 18.0 Å². The summed E-state index contributed by atoms with van der Waals surface area (Å²) in [5, 5.41) is 8.88. The van der Waals surface area contributed by atoms with Crippen molar-refractivity contribution in [2.75, 3.05) is 24.3 Å². The molecule has 0 saturated heterocycles. The van der Waals surface area contributed by atoms with E-state index in [-0.39, 0.29) is 18.4 Å². The molecule has 1 aliphatic heterocycles. The zero-order valence-electron chi connectivity index (χ0n) is 10.1. The number of sulfone groups is 1. The van der Waals surface area contributed by atoms with E-state index in [2.05, 4.69) is 15.9 Å². The Kier molecular flexibility index (Phi) is 3.99. The van der Waals surface area contributed by atoms with Crippen molar-refractivity contribution >= 4 is 31.5 Å². The Morgan fingerprint density at radius 1 is 1.50 bits per heavy atom. The molecule has 1 aliphatic rings. The Labute approximate surface area is 116 Å². The van der Waals surface area contributed by atoms with Crippen LogP contribution in [0.4, 0.5) is 5.69 Å². The summed E-state index contributed by atoms with van der Waals surface area (Å²) in [5.74, 6) is 0.123. The van der Waals surface area contributed by atoms with Crippen LogP contribution in [0.2, 0.25) is 0 Å².